The maximum Gasteiger partial charge on any atom is 0.269 e. The van der Waals surface area contributed by atoms with Gasteiger partial charge in [-0.1, -0.05) is 12.1 Å². The van der Waals surface area contributed by atoms with Crippen molar-refractivity contribution < 1.29 is 4.92 Å². The van der Waals surface area contributed by atoms with E-state index in [1.807, 2.05) is 25.1 Å². The summed E-state index contributed by atoms with van der Waals surface area (Å²) in [5.41, 5.74) is 0.888. The Kier molecular flexibility index (Phi) is 7.55. The van der Waals surface area contributed by atoms with Gasteiger partial charge in [0.2, 0.25) is 0 Å². The monoisotopic (exact) mass is 445 g/mol. The average molecular weight is 445 g/mol. The topological polar surface area (TPSA) is 101 Å². The summed E-state index contributed by atoms with van der Waals surface area (Å²) in [4.78, 5) is 20.7. The SMILES string of the molecule is CN=C(NCc1cccc([N+](=O)[O-])c1)N(C)Cc1ncnn1C.I. The summed E-state index contributed by atoms with van der Waals surface area (Å²) in [5, 5.41) is 18.0. The van der Waals surface area contributed by atoms with Crippen LogP contribution in [0.3, 0.4) is 0 Å². The molecule has 10 heteroatoms. The number of aliphatic imine (C=N–C) groups is 1. The third kappa shape index (κ3) is 5.15. The van der Waals surface area contributed by atoms with Crippen LogP contribution in [0.25, 0.3) is 0 Å². The number of aromatic nitrogens is 3. The molecule has 2 aromatic rings. The fourth-order valence-electron chi connectivity index (χ4n) is 2.10. The molecule has 130 valence electrons. The van der Waals surface area contributed by atoms with Crippen molar-refractivity contribution in [1.82, 2.24) is 25.0 Å². The van der Waals surface area contributed by atoms with Gasteiger partial charge in [0.15, 0.2) is 5.96 Å². The summed E-state index contributed by atoms with van der Waals surface area (Å²) >= 11 is 0. The highest BCUT2D eigenvalue weighted by Gasteiger charge is 2.11. The highest BCUT2D eigenvalue weighted by molar-refractivity contribution is 14.0. The minimum Gasteiger partial charge on any atom is -0.352 e. The van der Waals surface area contributed by atoms with E-state index < -0.39 is 4.92 Å². The molecule has 1 heterocycles. The van der Waals surface area contributed by atoms with Gasteiger partial charge in [0.25, 0.3) is 5.69 Å². The lowest BCUT2D eigenvalue weighted by atomic mass is 10.2. The normalized spacial score (nSPS) is 10.9. The molecule has 1 aromatic heterocycles. The number of hydrogen-bond acceptors (Lipinski definition) is 5. The fourth-order valence-corrected chi connectivity index (χ4v) is 2.10. The second-order valence-electron chi connectivity index (χ2n) is 4.98. The lowest BCUT2D eigenvalue weighted by Crippen LogP contribution is -2.38. The molecule has 2 rings (SSSR count). The summed E-state index contributed by atoms with van der Waals surface area (Å²) in [6.07, 6.45) is 1.50. The van der Waals surface area contributed by atoms with Crippen LogP contribution < -0.4 is 5.32 Å². The van der Waals surface area contributed by atoms with E-state index in [1.165, 1.54) is 12.4 Å². The highest BCUT2D eigenvalue weighted by atomic mass is 127. The van der Waals surface area contributed by atoms with Gasteiger partial charge in [-0.25, -0.2) is 4.98 Å². The van der Waals surface area contributed by atoms with Crippen LogP contribution >= 0.6 is 24.0 Å². The number of halogens is 1. The average Bonchev–Trinajstić information content (AvgIpc) is 2.93. The van der Waals surface area contributed by atoms with Crippen LogP contribution in [0.4, 0.5) is 5.69 Å². The van der Waals surface area contributed by atoms with E-state index in [4.69, 9.17) is 0 Å². The summed E-state index contributed by atoms with van der Waals surface area (Å²) in [5.74, 6) is 1.48. The van der Waals surface area contributed by atoms with Crippen molar-refractivity contribution in [3.63, 3.8) is 0 Å². The first kappa shape index (κ1) is 19.8. The molecule has 0 bridgehead atoms. The quantitative estimate of drug-likeness (QED) is 0.247. The first-order valence-corrected chi connectivity index (χ1v) is 6.99. The van der Waals surface area contributed by atoms with Crippen molar-refractivity contribution in [2.45, 2.75) is 13.1 Å². The van der Waals surface area contributed by atoms with Gasteiger partial charge in [0.1, 0.15) is 12.2 Å². The molecule has 0 unspecified atom stereocenters. The maximum absolute atomic E-state index is 10.8. The Morgan fingerprint density at radius 1 is 1.50 bits per heavy atom. The lowest BCUT2D eigenvalue weighted by Gasteiger charge is -2.21. The second kappa shape index (κ2) is 9.15. The zero-order valence-electron chi connectivity index (χ0n) is 13.7. The standard InChI is InChI=1S/C14H19N7O2.HI/c1-15-14(19(2)9-13-17-10-18-20(13)3)16-8-11-5-4-6-12(7-11)21(22)23;/h4-7,10H,8-9H2,1-3H3,(H,15,16);1H. The minimum atomic E-state index is -0.404. The molecule has 1 aromatic carbocycles. The van der Waals surface area contributed by atoms with E-state index in [1.54, 1.807) is 23.9 Å². The van der Waals surface area contributed by atoms with Crippen molar-refractivity contribution >= 4 is 35.6 Å². The van der Waals surface area contributed by atoms with Gasteiger partial charge in [-0.15, -0.1) is 24.0 Å². The molecule has 0 aliphatic rings. The molecular formula is C14H20IN7O2. The van der Waals surface area contributed by atoms with E-state index in [9.17, 15) is 10.1 Å². The van der Waals surface area contributed by atoms with Crippen LogP contribution in [-0.2, 0) is 20.1 Å². The predicted octanol–water partition coefficient (Wildman–Crippen LogP) is 1.55. The number of rotatable bonds is 5. The first-order chi connectivity index (χ1) is 11.0. The van der Waals surface area contributed by atoms with Gasteiger partial charge in [0.05, 0.1) is 11.5 Å². The van der Waals surface area contributed by atoms with E-state index in [0.717, 1.165) is 11.4 Å². The number of aryl methyl sites for hydroxylation is 1. The molecule has 0 saturated heterocycles. The number of nitro groups is 1. The van der Waals surface area contributed by atoms with Crippen molar-refractivity contribution in [3.8, 4) is 0 Å². The Hall–Kier alpha value is -2.24. The number of hydrogen-bond donors (Lipinski definition) is 1. The third-order valence-electron chi connectivity index (χ3n) is 3.33. The van der Waals surface area contributed by atoms with Gasteiger partial charge in [-0.2, -0.15) is 5.10 Å². The molecule has 0 aliphatic heterocycles. The Morgan fingerprint density at radius 3 is 2.83 bits per heavy atom. The zero-order valence-corrected chi connectivity index (χ0v) is 16.0. The molecule has 0 amide bonds. The summed E-state index contributed by atoms with van der Waals surface area (Å²) in [6.45, 7) is 0.989. The fraction of sp³-hybridized carbons (Fsp3) is 0.357. The van der Waals surface area contributed by atoms with Crippen LogP contribution in [0, 0.1) is 10.1 Å². The number of nitrogens with zero attached hydrogens (tertiary/aromatic N) is 6. The van der Waals surface area contributed by atoms with Crippen LogP contribution in [0.15, 0.2) is 35.6 Å². The van der Waals surface area contributed by atoms with Crippen LogP contribution in [0.1, 0.15) is 11.4 Å². The largest absolute Gasteiger partial charge is 0.352 e. The second-order valence-corrected chi connectivity index (χ2v) is 4.98. The van der Waals surface area contributed by atoms with Gasteiger partial charge in [-0.3, -0.25) is 19.8 Å². The molecule has 24 heavy (non-hydrogen) atoms. The predicted molar refractivity (Wildman–Crippen MR) is 101 cm³/mol. The molecule has 0 saturated carbocycles. The van der Waals surface area contributed by atoms with Crippen molar-refractivity contribution in [2.75, 3.05) is 14.1 Å². The van der Waals surface area contributed by atoms with Crippen LogP contribution in [0.2, 0.25) is 0 Å². The zero-order chi connectivity index (χ0) is 16.8. The molecule has 0 fully saturated rings. The van der Waals surface area contributed by atoms with Gasteiger partial charge in [-0.05, 0) is 5.56 Å². The molecule has 0 aliphatic carbocycles. The Morgan fingerprint density at radius 2 is 2.25 bits per heavy atom. The molecule has 0 atom stereocenters. The molecule has 0 radical (unpaired) electrons. The van der Waals surface area contributed by atoms with Crippen molar-refractivity contribution in [1.29, 1.82) is 0 Å². The summed E-state index contributed by atoms with van der Waals surface area (Å²) in [7, 11) is 5.40. The minimum absolute atomic E-state index is 0. The number of benzene rings is 1. The number of nitrogens with one attached hydrogen (secondary N) is 1. The third-order valence-corrected chi connectivity index (χ3v) is 3.33. The van der Waals surface area contributed by atoms with E-state index in [0.29, 0.717) is 19.0 Å². The lowest BCUT2D eigenvalue weighted by molar-refractivity contribution is -0.384. The molecule has 9 nitrogen and oxygen atoms in total. The van der Waals surface area contributed by atoms with E-state index in [-0.39, 0.29) is 29.7 Å². The van der Waals surface area contributed by atoms with Crippen LogP contribution in [0.5, 0.6) is 0 Å². The Balaban J connectivity index is 0.00000288. The summed E-state index contributed by atoms with van der Waals surface area (Å²) in [6, 6.07) is 6.51. The number of nitro benzene ring substituents is 1. The van der Waals surface area contributed by atoms with Gasteiger partial charge >= 0.3 is 0 Å². The molecule has 0 spiro atoms. The Labute approximate surface area is 157 Å². The summed E-state index contributed by atoms with van der Waals surface area (Å²) < 4.78 is 1.70. The van der Waals surface area contributed by atoms with Crippen molar-refractivity contribution in [3.05, 3.63) is 52.1 Å². The molecular weight excluding hydrogens is 425 g/mol. The van der Waals surface area contributed by atoms with Crippen molar-refractivity contribution in [2.24, 2.45) is 12.0 Å². The Bertz CT molecular complexity index is 717. The number of guanidine groups is 1. The smallest absolute Gasteiger partial charge is 0.269 e. The van der Waals surface area contributed by atoms with Gasteiger partial charge < -0.3 is 10.2 Å². The highest BCUT2D eigenvalue weighted by Crippen LogP contribution is 2.12. The van der Waals surface area contributed by atoms with E-state index in [2.05, 4.69) is 20.4 Å². The molecule has 1 N–H and O–H groups in total. The first-order valence-electron chi connectivity index (χ1n) is 6.99. The van der Waals surface area contributed by atoms with E-state index >= 15 is 0 Å². The van der Waals surface area contributed by atoms with Crippen LogP contribution in [-0.4, -0.2) is 44.6 Å². The number of non-ortho nitro benzene ring substituents is 1. The maximum atomic E-state index is 10.8. The van der Waals surface area contributed by atoms with Gasteiger partial charge in [0, 0.05) is 39.8 Å².